The van der Waals surface area contributed by atoms with Crippen LogP contribution < -0.4 is 10.6 Å². The van der Waals surface area contributed by atoms with Gasteiger partial charge >= 0.3 is 0 Å². The Labute approximate surface area is 116 Å². The van der Waals surface area contributed by atoms with Crippen LogP contribution in [0, 0.1) is 0 Å². The fourth-order valence-corrected chi connectivity index (χ4v) is 1.99. The lowest BCUT2D eigenvalue weighted by Crippen LogP contribution is -2.25. The number of halogens is 2. The van der Waals surface area contributed by atoms with Crippen LogP contribution >= 0.6 is 23.2 Å². The van der Waals surface area contributed by atoms with Gasteiger partial charge in [-0.05, 0) is 25.1 Å². The van der Waals surface area contributed by atoms with Crippen LogP contribution in [0.3, 0.4) is 0 Å². The summed E-state index contributed by atoms with van der Waals surface area (Å²) in [5, 5.41) is 16.3. The van der Waals surface area contributed by atoms with Crippen molar-refractivity contribution >= 4 is 29.1 Å². The molecule has 0 saturated carbocycles. The highest BCUT2D eigenvalue weighted by atomic mass is 35.5. The Morgan fingerprint density at radius 1 is 1.33 bits per heavy atom. The molecule has 6 heteroatoms. The van der Waals surface area contributed by atoms with Gasteiger partial charge in [0.1, 0.15) is 5.75 Å². The molecule has 1 amide bonds. The molecule has 0 atom stereocenters. The van der Waals surface area contributed by atoms with E-state index in [-0.39, 0.29) is 16.7 Å². The minimum Gasteiger partial charge on any atom is -0.506 e. The van der Waals surface area contributed by atoms with Crippen molar-refractivity contribution in [2.24, 2.45) is 0 Å². The van der Waals surface area contributed by atoms with Crippen LogP contribution in [0.25, 0.3) is 0 Å². The predicted octanol–water partition coefficient (Wildman–Crippen LogP) is 2.31. The molecular weight excluding hydrogens is 275 g/mol. The number of aromatic hydroxyl groups is 1. The van der Waals surface area contributed by atoms with Gasteiger partial charge in [-0.3, -0.25) is 4.79 Å². The number of hydrogen-bond acceptors (Lipinski definition) is 3. The number of hydrogen-bond donors (Lipinski definition) is 3. The molecule has 0 aliphatic rings. The summed E-state index contributed by atoms with van der Waals surface area (Å²) in [6.07, 6.45) is 0.814. The molecule has 0 fully saturated rings. The summed E-state index contributed by atoms with van der Waals surface area (Å²) in [6, 6.07) is 3.17. The zero-order valence-electron chi connectivity index (χ0n) is 10.1. The minimum absolute atomic E-state index is 0.0331. The predicted molar refractivity (Wildman–Crippen MR) is 73.1 cm³/mol. The highest BCUT2D eigenvalue weighted by molar-refractivity contribution is 6.35. The molecule has 0 spiro atoms. The van der Waals surface area contributed by atoms with Gasteiger partial charge in [0.25, 0.3) is 0 Å². The van der Waals surface area contributed by atoms with Crippen LogP contribution in [0.4, 0.5) is 0 Å². The van der Waals surface area contributed by atoms with E-state index in [2.05, 4.69) is 10.6 Å². The Balaban J connectivity index is 2.33. The van der Waals surface area contributed by atoms with E-state index in [0.29, 0.717) is 23.7 Å². The number of carbonyl (C=O) groups excluding carboxylic acids is 1. The van der Waals surface area contributed by atoms with Crippen molar-refractivity contribution in [1.29, 1.82) is 0 Å². The molecule has 100 valence electrons. The fourth-order valence-electron chi connectivity index (χ4n) is 1.45. The molecule has 0 aliphatic heterocycles. The monoisotopic (exact) mass is 290 g/mol. The molecule has 1 aromatic rings. The number of carbonyl (C=O) groups is 1. The molecule has 18 heavy (non-hydrogen) atoms. The maximum absolute atomic E-state index is 10.6. The summed E-state index contributed by atoms with van der Waals surface area (Å²) in [4.78, 5) is 10.6. The SMILES string of the molecule is CC(=O)NCCCNCc1cc(Cl)cc(Cl)c1O. The Morgan fingerprint density at radius 3 is 2.72 bits per heavy atom. The van der Waals surface area contributed by atoms with Gasteiger partial charge < -0.3 is 15.7 Å². The van der Waals surface area contributed by atoms with Gasteiger partial charge in [0.2, 0.25) is 5.91 Å². The van der Waals surface area contributed by atoms with Crippen molar-refractivity contribution in [3.8, 4) is 5.75 Å². The van der Waals surface area contributed by atoms with Crippen LogP contribution in [0.1, 0.15) is 18.9 Å². The second kappa shape index (κ2) is 7.46. The first kappa shape index (κ1) is 15.1. The van der Waals surface area contributed by atoms with Crippen LogP contribution in [0.15, 0.2) is 12.1 Å². The zero-order chi connectivity index (χ0) is 13.5. The first-order chi connectivity index (χ1) is 8.50. The summed E-state index contributed by atoms with van der Waals surface area (Å²) in [6.45, 7) is 3.32. The molecule has 3 N–H and O–H groups in total. The maximum Gasteiger partial charge on any atom is 0.216 e. The summed E-state index contributed by atoms with van der Waals surface area (Å²) in [7, 11) is 0. The number of rotatable bonds is 6. The van der Waals surface area contributed by atoms with E-state index < -0.39 is 0 Å². The topological polar surface area (TPSA) is 61.4 Å². The maximum atomic E-state index is 10.6. The highest BCUT2D eigenvalue weighted by Crippen LogP contribution is 2.30. The lowest BCUT2D eigenvalue weighted by Gasteiger charge is -2.09. The van der Waals surface area contributed by atoms with E-state index in [4.69, 9.17) is 23.2 Å². The molecule has 1 rings (SSSR count). The third-order valence-electron chi connectivity index (χ3n) is 2.33. The van der Waals surface area contributed by atoms with E-state index in [1.165, 1.54) is 13.0 Å². The van der Waals surface area contributed by atoms with Crippen molar-refractivity contribution in [3.63, 3.8) is 0 Å². The molecule has 0 unspecified atom stereocenters. The van der Waals surface area contributed by atoms with Crippen LogP contribution in [0.5, 0.6) is 5.75 Å². The van der Waals surface area contributed by atoms with Gasteiger partial charge in [-0.1, -0.05) is 23.2 Å². The average Bonchev–Trinajstić information content (AvgIpc) is 2.29. The van der Waals surface area contributed by atoms with Crippen molar-refractivity contribution in [3.05, 3.63) is 27.7 Å². The molecule has 0 saturated heterocycles. The van der Waals surface area contributed by atoms with Crippen molar-refractivity contribution in [2.75, 3.05) is 13.1 Å². The van der Waals surface area contributed by atoms with Gasteiger partial charge in [-0.2, -0.15) is 0 Å². The zero-order valence-corrected chi connectivity index (χ0v) is 11.6. The molecule has 0 aliphatic carbocycles. The summed E-state index contributed by atoms with van der Waals surface area (Å²) >= 11 is 11.7. The first-order valence-corrected chi connectivity index (χ1v) is 6.38. The van der Waals surface area contributed by atoms with Gasteiger partial charge in [0.15, 0.2) is 0 Å². The average molecular weight is 291 g/mol. The number of nitrogens with one attached hydrogen (secondary N) is 2. The van der Waals surface area contributed by atoms with Crippen molar-refractivity contribution < 1.29 is 9.90 Å². The minimum atomic E-state index is -0.0331. The number of phenolic OH excluding ortho intramolecular Hbond substituents is 1. The lowest BCUT2D eigenvalue weighted by atomic mass is 10.2. The van der Waals surface area contributed by atoms with Gasteiger partial charge in [0, 0.05) is 30.6 Å². The summed E-state index contributed by atoms with van der Waals surface area (Å²) in [5.74, 6) is 0.0182. The van der Waals surface area contributed by atoms with Gasteiger partial charge in [-0.25, -0.2) is 0 Å². The Morgan fingerprint density at radius 2 is 2.06 bits per heavy atom. The third-order valence-corrected chi connectivity index (χ3v) is 2.83. The Hall–Kier alpha value is -0.970. The Bertz CT molecular complexity index is 425. The third kappa shape index (κ3) is 5.12. The molecule has 4 nitrogen and oxygen atoms in total. The molecule has 0 radical (unpaired) electrons. The summed E-state index contributed by atoms with van der Waals surface area (Å²) < 4.78 is 0. The second-order valence-corrected chi connectivity index (χ2v) is 4.75. The number of amides is 1. The van der Waals surface area contributed by atoms with Crippen molar-refractivity contribution in [2.45, 2.75) is 19.9 Å². The largest absolute Gasteiger partial charge is 0.506 e. The Kier molecular flexibility index (Phi) is 6.25. The molecule has 1 aromatic carbocycles. The van der Waals surface area contributed by atoms with E-state index in [1.807, 2.05) is 0 Å². The second-order valence-electron chi connectivity index (χ2n) is 3.91. The first-order valence-electron chi connectivity index (χ1n) is 5.62. The molecule has 0 bridgehead atoms. The smallest absolute Gasteiger partial charge is 0.216 e. The number of phenols is 1. The normalized spacial score (nSPS) is 10.4. The van der Waals surface area contributed by atoms with E-state index in [1.54, 1.807) is 6.07 Å². The fraction of sp³-hybridized carbons (Fsp3) is 0.417. The number of benzene rings is 1. The molecular formula is C12H16Cl2N2O2. The van der Waals surface area contributed by atoms with Crippen LogP contribution in [0.2, 0.25) is 10.0 Å². The van der Waals surface area contributed by atoms with Gasteiger partial charge in [0.05, 0.1) is 5.02 Å². The lowest BCUT2D eigenvalue weighted by molar-refractivity contribution is -0.118. The quantitative estimate of drug-likeness (QED) is 0.705. The van der Waals surface area contributed by atoms with Crippen LogP contribution in [-0.4, -0.2) is 24.1 Å². The molecule has 0 aromatic heterocycles. The highest BCUT2D eigenvalue weighted by Gasteiger charge is 2.07. The van der Waals surface area contributed by atoms with E-state index in [9.17, 15) is 9.90 Å². The standard InChI is InChI=1S/C12H16Cl2N2O2/c1-8(17)16-4-2-3-15-7-9-5-10(13)6-11(14)12(9)18/h5-6,15,18H,2-4,7H2,1H3,(H,16,17). The van der Waals surface area contributed by atoms with Gasteiger partial charge in [-0.15, -0.1) is 0 Å². The molecule has 0 heterocycles. The van der Waals surface area contributed by atoms with E-state index in [0.717, 1.165) is 13.0 Å². The van der Waals surface area contributed by atoms with Crippen molar-refractivity contribution in [1.82, 2.24) is 10.6 Å². The summed E-state index contributed by atoms with van der Waals surface area (Å²) in [5.41, 5.74) is 0.659. The van der Waals surface area contributed by atoms with Crippen LogP contribution in [-0.2, 0) is 11.3 Å². The van der Waals surface area contributed by atoms with E-state index >= 15 is 0 Å².